The second-order valence-electron chi connectivity index (χ2n) is 4.95. The molecule has 1 heterocycles. The summed E-state index contributed by atoms with van der Waals surface area (Å²) in [5.74, 6) is 0.932. The first-order valence-corrected chi connectivity index (χ1v) is 7.09. The molecule has 0 bridgehead atoms. The molecule has 2 rings (SSSR count). The number of carbonyl (C=O) groups is 2. The summed E-state index contributed by atoms with van der Waals surface area (Å²) in [4.78, 5) is 27.5. The van der Waals surface area contributed by atoms with Crippen molar-refractivity contribution in [1.82, 2.24) is 9.80 Å². The van der Waals surface area contributed by atoms with Crippen LogP contribution < -0.4 is 15.2 Å². The molecule has 1 aromatic rings. The van der Waals surface area contributed by atoms with Crippen LogP contribution in [0.1, 0.15) is 10.4 Å². The van der Waals surface area contributed by atoms with Gasteiger partial charge in [-0.05, 0) is 18.2 Å². The van der Waals surface area contributed by atoms with Crippen molar-refractivity contribution in [3.05, 3.63) is 23.8 Å². The molecule has 2 amide bonds. The van der Waals surface area contributed by atoms with E-state index in [0.29, 0.717) is 43.2 Å². The van der Waals surface area contributed by atoms with Gasteiger partial charge in [-0.15, -0.1) is 0 Å². The Hall–Kier alpha value is -2.28. The van der Waals surface area contributed by atoms with E-state index in [9.17, 15) is 9.59 Å². The Bertz CT molecular complexity index is 554. The van der Waals surface area contributed by atoms with Crippen molar-refractivity contribution in [1.29, 1.82) is 0 Å². The molecule has 7 heteroatoms. The lowest BCUT2D eigenvalue weighted by molar-refractivity contribution is -0.131. The molecule has 0 radical (unpaired) electrons. The van der Waals surface area contributed by atoms with Crippen LogP contribution in [0.2, 0.25) is 0 Å². The van der Waals surface area contributed by atoms with Gasteiger partial charge < -0.3 is 25.0 Å². The highest BCUT2D eigenvalue weighted by Gasteiger charge is 2.24. The smallest absolute Gasteiger partial charge is 0.254 e. The molecule has 1 aliphatic rings. The minimum absolute atomic E-state index is 0.00360. The third kappa shape index (κ3) is 3.30. The number of carbonyl (C=O) groups excluding carboxylic acids is 2. The van der Waals surface area contributed by atoms with E-state index in [-0.39, 0.29) is 18.4 Å². The summed E-state index contributed by atoms with van der Waals surface area (Å²) in [5, 5.41) is 0. The Morgan fingerprint density at radius 1 is 1.05 bits per heavy atom. The van der Waals surface area contributed by atoms with E-state index in [1.54, 1.807) is 35.1 Å². The number of benzene rings is 1. The summed E-state index contributed by atoms with van der Waals surface area (Å²) in [6.07, 6.45) is 0. The van der Waals surface area contributed by atoms with Crippen LogP contribution in [-0.2, 0) is 4.79 Å². The highest BCUT2D eigenvalue weighted by atomic mass is 16.5. The van der Waals surface area contributed by atoms with Crippen molar-refractivity contribution < 1.29 is 19.1 Å². The van der Waals surface area contributed by atoms with Gasteiger partial charge >= 0.3 is 0 Å². The highest BCUT2D eigenvalue weighted by molar-refractivity contribution is 5.95. The van der Waals surface area contributed by atoms with Gasteiger partial charge in [-0.3, -0.25) is 9.59 Å². The molecule has 1 saturated heterocycles. The van der Waals surface area contributed by atoms with E-state index in [1.807, 2.05) is 0 Å². The number of hydrogen-bond acceptors (Lipinski definition) is 5. The monoisotopic (exact) mass is 307 g/mol. The van der Waals surface area contributed by atoms with E-state index < -0.39 is 0 Å². The minimum Gasteiger partial charge on any atom is -0.493 e. The Balaban J connectivity index is 2.05. The predicted molar refractivity (Wildman–Crippen MR) is 81.1 cm³/mol. The van der Waals surface area contributed by atoms with Crippen molar-refractivity contribution in [2.24, 2.45) is 5.73 Å². The maximum Gasteiger partial charge on any atom is 0.254 e. The third-order valence-corrected chi connectivity index (χ3v) is 3.72. The summed E-state index contributed by atoms with van der Waals surface area (Å²) in [6, 6.07) is 5.08. The lowest BCUT2D eigenvalue weighted by Crippen LogP contribution is -2.51. The van der Waals surface area contributed by atoms with Crippen LogP contribution in [0.5, 0.6) is 11.5 Å². The Kier molecular flexibility index (Phi) is 5.21. The molecule has 0 unspecified atom stereocenters. The highest BCUT2D eigenvalue weighted by Crippen LogP contribution is 2.28. The second-order valence-corrected chi connectivity index (χ2v) is 4.95. The number of nitrogens with two attached hydrogens (primary N) is 1. The number of amides is 2. The quantitative estimate of drug-likeness (QED) is 0.843. The molecular weight excluding hydrogens is 286 g/mol. The largest absolute Gasteiger partial charge is 0.493 e. The molecular formula is C15H21N3O4. The summed E-state index contributed by atoms with van der Waals surface area (Å²) < 4.78 is 10.4. The molecule has 0 aliphatic carbocycles. The van der Waals surface area contributed by atoms with Crippen LogP contribution in [0.3, 0.4) is 0 Å². The van der Waals surface area contributed by atoms with Gasteiger partial charge in [0.25, 0.3) is 5.91 Å². The Morgan fingerprint density at radius 3 is 2.18 bits per heavy atom. The minimum atomic E-state index is -0.0850. The maximum atomic E-state index is 12.5. The topological polar surface area (TPSA) is 85.1 Å². The van der Waals surface area contributed by atoms with Crippen molar-refractivity contribution in [3.63, 3.8) is 0 Å². The molecule has 1 fully saturated rings. The van der Waals surface area contributed by atoms with E-state index in [1.165, 1.54) is 7.11 Å². The molecule has 120 valence electrons. The normalized spacial score (nSPS) is 14.7. The number of nitrogens with zero attached hydrogens (tertiary/aromatic N) is 2. The van der Waals surface area contributed by atoms with Gasteiger partial charge in [-0.2, -0.15) is 0 Å². The number of hydrogen-bond donors (Lipinski definition) is 1. The van der Waals surface area contributed by atoms with Crippen LogP contribution in [0.4, 0.5) is 0 Å². The van der Waals surface area contributed by atoms with E-state index in [0.717, 1.165) is 0 Å². The number of methoxy groups -OCH3 is 2. The van der Waals surface area contributed by atoms with Crippen molar-refractivity contribution in [2.45, 2.75) is 0 Å². The van der Waals surface area contributed by atoms with Gasteiger partial charge in [0.15, 0.2) is 11.5 Å². The first-order chi connectivity index (χ1) is 10.6. The fourth-order valence-corrected chi connectivity index (χ4v) is 2.44. The van der Waals surface area contributed by atoms with Crippen molar-refractivity contribution >= 4 is 11.8 Å². The van der Waals surface area contributed by atoms with Gasteiger partial charge in [-0.25, -0.2) is 0 Å². The summed E-state index contributed by atoms with van der Waals surface area (Å²) in [6.45, 7) is 2.02. The van der Waals surface area contributed by atoms with Gasteiger partial charge in [0.2, 0.25) is 5.91 Å². The molecule has 1 aliphatic heterocycles. The average Bonchev–Trinajstić information content (AvgIpc) is 2.59. The fraction of sp³-hybridized carbons (Fsp3) is 0.467. The van der Waals surface area contributed by atoms with E-state index in [4.69, 9.17) is 15.2 Å². The zero-order valence-corrected chi connectivity index (χ0v) is 12.9. The summed E-state index contributed by atoms with van der Waals surface area (Å²) in [7, 11) is 3.08. The molecule has 2 N–H and O–H groups in total. The average molecular weight is 307 g/mol. The zero-order valence-electron chi connectivity index (χ0n) is 12.9. The lowest BCUT2D eigenvalue weighted by atomic mass is 10.1. The second kappa shape index (κ2) is 7.13. The van der Waals surface area contributed by atoms with Crippen molar-refractivity contribution in [2.75, 3.05) is 46.9 Å². The van der Waals surface area contributed by atoms with Crippen LogP contribution in [0.15, 0.2) is 18.2 Å². The lowest BCUT2D eigenvalue weighted by Gasteiger charge is -2.34. The Labute approximate surface area is 129 Å². The van der Waals surface area contributed by atoms with E-state index >= 15 is 0 Å². The van der Waals surface area contributed by atoms with Crippen LogP contribution in [0, 0.1) is 0 Å². The van der Waals surface area contributed by atoms with Gasteiger partial charge in [-0.1, -0.05) is 0 Å². The first kappa shape index (κ1) is 16.1. The maximum absolute atomic E-state index is 12.5. The van der Waals surface area contributed by atoms with Gasteiger partial charge in [0, 0.05) is 31.7 Å². The molecule has 7 nitrogen and oxygen atoms in total. The molecule has 22 heavy (non-hydrogen) atoms. The number of rotatable bonds is 4. The Morgan fingerprint density at radius 2 is 1.64 bits per heavy atom. The predicted octanol–water partition coefficient (Wildman–Crippen LogP) is -0.0531. The number of piperazine rings is 1. The first-order valence-electron chi connectivity index (χ1n) is 7.09. The van der Waals surface area contributed by atoms with Crippen LogP contribution in [0.25, 0.3) is 0 Å². The van der Waals surface area contributed by atoms with Crippen LogP contribution in [-0.4, -0.2) is 68.6 Å². The fourth-order valence-electron chi connectivity index (χ4n) is 2.44. The molecule has 0 spiro atoms. The molecule has 0 saturated carbocycles. The standard InChI is InChI=1S/C15H21N3O4/c1-21-12-4-3-11(9-13(12)22-2)15(20)18-7-5-17(6-8-18)14(19)10-16/h3-4,9H,5-8,10,16H2,1-2H3. The molecule has 0 atom stereocenters. The zero-order chi connectivity index (χ0) is 16.1. The third-order valence-electron chi connectivity index (χ3n) is 3.72. The van der Waals surface area contributed by atoms with Gasteiger partial charge in [0.1, 0.15) is 0 Å². The summed E-state index contributed by atoms with van der Waals surface area (Å²) >= 11 is 0. The van der Waals surface area contributed by atoms with Gasteiger partial charge in [0.05, 0.1) is 20.8 Å². The molecule has 0 aromatic heterocycles. The molecule has 1 aromatic carbocycles. The SMILES string of the molecule is COc1ccc(C(=O)N2CCN(C(=O)CN)CC2)cc1OC. The summed E-state index contributed by atoms with van der Waals surface area (Å²) in [5.41, 5.74) is 5.89. The van der Waals surface area contributed by atoms with E-state index in [2.05, 4.69) is 0 Å². The number of ether oxygens (including phenoxy) is 2. The van der Waals surface area contributed by atoms with Crippen molar-refractivity contribution in [3.8, 4) is 11.5 Å². The van der Waals surface area contributed by atoms with Crippen LogP contribution >= 0.6 is 0 Å².